The maximum absolute atomic E-state index is 13.3. The Kier molecular flexibility index (Phi) is 4.95. The highest BCUT2D eigenvalue weighted by Crippen LogP contribution is 2.20. The number of halogens is 2. The second kappa shape index (κ2) is 7.70. The van der Waals surface area contributed by atoms with Gasteiger partial charge in [0.25, 0.3) is 5.91 Å². The van der Waals surface area contributed by atoms with Gasteiger partial charge < -0.3 is 9.88 Å². The number of nitrogens with zero attached hydrogens (tertiary/aromatic N) is 3. The monoisotopic (exact) mass is 394 g/mol. The minimum absolute atomic E-state index is 0.257. The van der Waals surface area contributed by atoms with Crippen LogP contribution in [-0.2, 0) is 6.54 Å². The maximum atomic E-state index is 13.3. The first kappa shape index (κ1) is 18.0. The SMILES string of the molecule is O=C(NCc1ccc(Cl)cc1)c1cnn(-c2ccc(F)cc2)c1-n1cccc1. The number of hydrogen-bond donors (Lipinski definition) is 1. The molecule has 140 valence electrons. The van der Waals surface area contributed by atoms with Crippen LogP contribution in [0.2, 0.25) is 5.02 Å². The van der Waals surface area contributed by atoms with Crippen LogP contribution in [0.15, 0.2) is 79.3 Å². The average molecular weight is 395 g/mol. The predicted molar refractivity (Wildman–Crippen MR) is 105 cm³/mol. The molecule has 0 bridgehead atoms. The van der Waals surface area contributed by atoms with Gasteiger partial charge in [0.1, 0.15) is 11.4 Å². The molecule has 5 nitrogen and oxygen atoms in total. The summed E-state index contributed by atoms with van der Waals surface area (Å²) in [6.07, 6.45) is 5.16. The molecule has 0 fully saturated rings. The van der Waals surface area contributed by atoms with E-state index in [0.29, 0.717) is 28.6 Å². The third-order valence-corrected chi connectivity index (χ3v) is 4.53. The molecule has 0 saturated carbocycles. The topological polar surface area (TPSA) is 51.9 Å². The molecule has 4 rings (SSSR count). The first-order valence-corrected chi connectivity index (χ1v) is 8.99. The fourth-order valence-electron chi connectivity index (χ4n) is 2.88. The molecule has 0 spiro atoms. The second-order valence-corrected chi connectivity index (χ2v) is 6.61. The fraction of sp³-hybridized carbons (Fsp3) is 0.0476. The number of hydrogen-bond acceptors (Lipinski definition) is 2. The van der Waals surface area contributed by atoms with Crippen molar-refractivity contribution in [2.75, 3.05) is 0 Å². The molecule has 0 unspecified atom stereocenters. The van der Waals surface area contributed by atoms with Crippen molar-refractivity contribution < 1.29 is 9.18 Å². The summed E-state index contributed by atoms with van der Waals surface area (Å²) in [5, 5.41) is 7.90. The molecule has 1 N–H and O–H groups in total. The molecule has 2 aromatic heterocycles. The van der Waals surface area contributed by atoms with Crippen molar-refractivity contribution in [3.05, 3.63) is 101 Å². The van der Waals surface area contributed by atoms with E-state index in [-0.39, 0.29) is 11.7 Å². The minimum atomic E-state index is -0.334. The average Bonchev–Trinajstić information content (AvgIpc) is 3.37. The Morgan fingerprint density at radius 2 is 1.71 bits per heavy atom. The molecule has 0 aliphatic carbocycles. The number of rotatable bonds is 5. The summed E-state index contributed by atoms with van der Waals surface area (Å²) in [5.74, 6) is -0.0171. The zero-order chi connectivity index (χ0) is 19.5. The van der Waals surface area contributed by atoms with E-state index in [1.54, 1.807) is 33.5 Å². The highest BCUT2D eigenvalue weighted by molar-refractivity contribution is 6.30. The van der Waals surface area contributed by atoms with Gasteiger partial charge >= 0.3 is 0 Å². The summed E-state index contributed by atoms with van der Waals surface area (Å²) in [7, 11) is 0. The van der Waals surface area contributed by atoms with Crippen LogP contribution in [-0.4, -0.2) is 20.3 Å². The smallest absolute Gasteiger partial charge is 0.256 e. The van der Waals surface area contributed by atoms with E-state index in [2.05, 4.69) is 10.4 Å². The van der Waals surface area contributed by atoms with E-state index in [1.165, 1.54) is 18.3 Å². The number of nitrogens with one attached hydrogen (secondary N) is 1. The van der Waals surface area contributed by atoms with E-state index in [4.69, 9.17) is 11.6 Å². The lowest BCUT2D eigenvalue weighted by atomic mass is 10.2. The Hall–Kier alpha value is -3.38. The van der Waals surface area contributed by atoms with Crippen LogP contribution in [0.5, 0.6) is 0 Å². The minimum Gasteiger partial charge on any atom is -0.348 e. The molecule has 0 saturated heterocycles. The Balaban J connectivity index is 1.65. The van der Waals surface area contributed by atoms with Crippen molar-refractivity contribution in [1.82, 2.24) is 19.7 Å². The third kappa shape index (κ3) is 3.68. The van der Waals surface area contributed by atoms with Crippen LogP contribution in [0, 0.1) is 5.82 Å². The van der Waals surface area contributed by atoms with Crippen LogP contribution < -0.4 is 5.32 Å². The lowest BCUT2D eigenvalue weighted by molar-refractivity contribution is 0.0951. The van der Waals surface area contributed by atoms with Crippen LogP contribution >= 0.6 is 11.6 Å². The van der Waals surface area contributed by atoms with E-state index < -0.39 is 0 Å². The molecule has 4 aromatic rings. The fourth-order valence-corrected chi connectivity index (χ4v) is 3.00. The number of benzene rings is 2. The van der Waals surface area contributed by atoms with E-state index in [9.17, 15) is 9.18 Å². The number of aromatic nitrogens is 3. The van der Waals surface area contributed by atoms with Gasteiger partial charge in [-0.3, -0.25) is 4.79 Å². The van der Waals surface area contributed by atoms with Gasteiger partial charge in [-0.25, -0.2) is 9.07 Å². The van der Waals surface area contributed by atoms with Gasteiger partial charge in [0.05, 0.1) is 11.9 Å². The highest BCUT2D eigenvalue weighted by atomic mass is 35.5. The van der Waals surface area contributed by atoms with Gasteiger partial charge in [-0.1, -0.05) is 23.7 Å². The summed E-state index contributed by atoms with van der Waals surface area (Å²) in [6.45, 7) is 0.364. The lowest BCUT2D eigenvalue weighted by Gasteiger charge is -2.11. The van der Waals surface area contributed by atoms with E-state index in [1.807, 2.05) is 36.7 Å². The Labute approximate surface area is 166 Å². The molecular weight excluding hydrogens is 379 g/mol. The molecule has 2 heterocycles. The molecule has 0 radical (unpaired) electrons. The van der Waals surface area contributed by atoms with Crippen molar-refractivity contribution in [2.24, 2.45) is 0 Å². The van der Waals surface area contributed by atoms with Gasteiger partial charge in [-0.05, 0) is 54.1 Å². The van der Waals surface area contributed by atoms with E-state index in [0.717, 1.165) is 5.56 Å². The summed E-state index contributed by atoms with van der Waals surface area (Å²) in [4.78, 5) is 12.8. The van der Waals surface area contributed by atoms with Crippen molar-refractivity contribution in [1.29, 1.82) is 0 Å². The van der Waals surface area contributed by atoms with Crippen LogP contribution in [0.4, 0.5) is 4.39 Å². The van der Waals surface area contributed by atoms with Gasteiger partial charge in [0.2, 0.25) is 0 Å². The zero-order valence-corrected chi connectivity index (χ0v) is 15.5. The second-order valence-electron chi connectivity index (χ2n) is 6.17. The molecule has 2 aromatic carbocycles. The van der Waals surface area contributed by atoms with Crippen molar-refractivity contribution in [3.8, 4) is 11.5 Å². The predicted octanol–water partition coefficient (Wildman–Crippen LogP) is 4.39. The molecule has 1 amide bonds. The Morgan fingerprint density at radius 1 is 1.04 bits per heavy atom. The van der Waals surface area contributed by atoms with Gasteiger partial charge in [-0.15, -0.1) is 0 Å². The summed E-state index contributed by atoms with van der Waals surface area (Å²) < 4.78 is 16.7. The van der Waals surface area contributed by atoms with Gasteiger partial charge in [0.15, 0.2) is 5.82 Å². The molecule has 7 heteroatoms. The summed E-state index contributed by atoms with van der Waals surface area (Å²) in [6, 6.07) is 16.9. The highest BCUT2D eigenvalue weighted by Gasteiger charge is 2.19. The van der Waals surface area contributed by atoms with Crippen molar-refractivity contribution in [2.45, 2.75) is 6.54 Å². The first-order chi connectivity index (χ1) is 13.6. The summed E-state index contributed by atoms with van der Waals surface area (Å²) in [5.41, 5.74) is 2.00. The zero-order valence-electron chi connectivity index (χ0n) is 14.7. The van der Waals surface area contributed by atoms with Crippen LogP contribution in [0.3, 0.4) is 0 Å². The maximum Gasteiger partial charge on any atom is 0.256 e. The normalized spacial score (nSPS) is 10.8. The van der Waals surface area contributed by atoms with Crippen molar-refractivity contribution >= 4 is 17.5 Å². The van der Waals surface area contributed by atoms with Gasteiger partial charge in [-0.2, -0.15) is 5.10 Å². The Bertz CT molecular complexity index is 1090. The quantitative estimate of drug-likeness (QED) is 0.546. The van der Waals surface area contributed by atoms with Crippen LogP contribution in [0.1, 0.15) is 15.9 Å². The first-order valence-electron chi connectivity index (χ1n) is 8.62. The molecule has 0 atom stereocenters. The van der Waals surface area contributed by atoms with Crippen LogP contribution in [0.25, 0.3) is 11.5 Å². The number of carbonyl (C=O) groups excluding carboxylic acids is 1. The largest absolute Gasteiger partial charge is 0.348 e. The standard InChI is InChI=1S/C21H16ClFN4O/c22-16-5-3-15(4-6-16)13-24-20(28)19-14-25-27(18-9-7-17(23)8-10-18)21(19)26-11-1-2-12-26/h1-12,14H,13H2,(H,24,28). The molecule has 0 aliphatic heterocycles. The van der Waals surface area contributed by atoms with Gasteiger partial charge in [0, 0.05) is 24.0 Å². The van der Waals surface area contributed by atoms with E-state index >= 15 is 0 Å². The molecular formula is C21H16ClFN4O. The lowest BCUT2D eigenvalue weighted by Crippen LogP contribution is -2.24. The molecule has 28 heavy (non-hydrogen) atoms. The number of amides is 1. The summed E-state index contributed by atoms with van der Waals surface area (Å²) >= 11 is 5.89. The number of carbonyl (C=O) groups is 1. The molecule has 0 aliphatic rings. The Morgan fingerprint density at radius 3 is 2.39 bits per heavy atom. The third-order valence-electron chi connectivity index (χ3n) is 4.27. The van der Waals surface area contributed by atoms with Crippen molar-refractivity contribution in [3.63, 3.8) is 0 Å².